The first kappa shape index (κ1) is 14.7. The Balaban J connectivity index is 2.21. The lowest BCUT2D eigenvalue weighted by Crippen LogP contribution is -2.16. The fourth-order valence-electron chi connectivity index (χ4n) is 1.91. The van der Waals surface area contributed by atoms with Gasteiger partial charge in [0.05, 0.1) is 11.4 Å². The number of amides is 2. The molecule has 1 heterocycles. The van der Waals surface area contributed by atoms with E-state index in [-0.39, 0.29) is 17.5 Å². The van der Waals surface area contributed by atoms with E-state index in [0.29, 0.717) is 11.4 Å². The molecule has 0 saturated carbocycles. The zero-order valence-corrected chi connectivity index (χ0v) is 11.9. The molecule has 0 spiro atoms. The first-order valence-corrected chi connectivity index (χ1v) is 6.26. The van der Waals surface area contributed by atoms with Gasteiger partial charge in [0.1, 0.15) is 11.5 Å². The number of hydrogen-bond acceptors (Lipinski definition) is 3. The molecule has 2 rings (SSSR count). The van der Waals surface area contributed by atoms with Crippen LogP contribution >= 0.6 is 0 Å². The molecular formula is C14H15FN4O2. The molecule has 21 heavy (non-hydrogen) atoms. The van der Waals surface area contributed by atoms with Crippen LogP contribution in [0.1, 0.15) is 23.1 Å². The van der Waals surface area contributed by atoms with E-state index in [1.165, 1.54) is 29.8 Å². The van der Waals surface area contributed by atoms with Crippen LogP contribution in [0.5, 0.6) is 0 Å². The molecular weight excluding hydrogens is 275 g/mol. The summed E-state index contributed by atoms with van der Waals surface area (Å²) in [4.78, 5) is 23.1. The van der Waals surface area contributed by atoms with Crippen LogP contribution in [-0.4, -0.2) is 21.6 Å². The largest absolute Gasteiger partial charge is 0.324 e. The Morgan fingerprint density at radius 1 is 1.24 bits per heavy atom. The fraction of sp³-hybridized carbons (Fsp3) is 0.214. The standard InChI is InChI=1S/C14H15FN4O2/c1-8-6-13(19(3)18-8)14(21)17-10-4-5-11(15)12(7-10)16-9(2)20/h4-7H,1-3H3,(H,16,20)(H,17,21). The number of aryl methyl sites for hydroxylation is 2. The Hall–Kier alpha value is -2.70. The molecule has 2 aromatic rings. The highest BCUT2D eigenvalue weighted by atomic mass is 19.1. The van der Waals surface area contributed by atoms with Gasteiger partial charge in [-0.3, -0.25) is 14.3 Å². The molecule has 110 valence electrons. The van der Waals surface area contributed by atoms with E-state index in [1.54, 1.807) is 20.0 Å². The Kier molecular flexibility index (Phi) is 4.02. The van der Waals surface area contributed by atoms with Crippen LogP contribution in [0.15, 0.2) is 24.3 Å². The van der Waals surface area contributed by atoms with Crippen molar-refractivity contribution >= 4 is 23.2 Å². The number of carbonyl (C=O) groups is 2. The van der Waals surface area contributed by atoms with Gasteiger partial charge >= 0.3 is 0 Å². The first-order chi connectivity index (χ1) is 9.86. The quantitative estimate of drug-likeness (QED) is 0.908. The SMILES string of the molecule is CC(=O)Nc1cc(NC(=O)c2cc(C)nn2C)ccc1F. The summed E-state index contributed by atoms with van der Waals surface area (Å²) in [7, 11) is 1.66. The van der Waals surface area contributed by atoms with E-state index >= 15 is 0 Å². The van der Waals surface area contributed by atoms with Gasteiger partial charge in [0.2, 0.25) is 5.91 Å². The van der Waals surface area contributed by atoms with Gasteiger partial charge in [0.15, 0.2) is 0 Å². The highest BCUT2D eigenvalue weighted by molar-refractivity contribution is 6.03. The van der Waals surface area contributed by atoms with E-state index in [0.717, 1.165) is 5.69 Å². The van der Waals surface area contributed by atoms with Gasteiger partial charge in [-0.1, -0.05) is 0 Å². The van der Waals surface area contributed by atoms with E-state index in [2.05, 4.69) is 15.7 Å². The van der Waals surface area contributed by atoms with Crippen molar-refractivity contribution in [2.24, 2.45) is 7.05 Å². The van der Waals surface area contributed by atoms with Gasteiger partial charge in [0.25, 0.3) is 5.91 Å². The molecule has 1 aromatic heterocycles. The van der Waals surface area contributed by atoms with Crippen molar-refractivity contribution in [2.45, 2.75) is 13.8 Å². The van der Waals surface area contributed by atoms with Crippen LogP contribution in [0.4, 0.5) is 15.8 Å². The molecule has 0 atom stereocenters. The zero-order chi connectivity index (χ0) is 15.6. The molecule has 0 radical (unpaired) electrons. The van der Waals surface area contributed by atoms with E-state index in [1.807, 2.05) is 0 Å². The molecule has 2 N–H and O–H groups in total. The van der Waals surface area contributed by atoms with Crippen molar-refractivity contribution in [3.05, 3.63) is 41.5 Å². The highest BCUT2D eigenvalue weighted by Crippen LogP contribution is 2.20. The lowest BCUT2D eigenvalue weighted by atomic mass is 10.2. The Bertz CT molecular complexity index is 709. The van der Waals surface area contributed by atoms with Crippen molar-refractivity contribution in [3.8, 4) is 0 Å². The Labute approximate surface area is 121 Å². The Morgan fingerprint density at radius 2 is 1.95 bits per heavy atom. The minimum absolute atomic E-state index is 0.0153. The predicted octanol–water partition coefficient (Wildman–Crippen LogP) is 2.08. The number of aromatic nitrogens is 2. The van der Waals surface area contributed by atoms with Gasteiger partial charge in [-0.15, -0.1) is 0 Å². The third-order valence-electron chi connectivity index (χ3n) is 2.77. The lowest BCUT2D eigenvalue weighted by Gasteiger charge is -2.09. The number of benzene rings is 1. The second-order valence-corrected chi connectivity index (χ2v) is 4.62. The van der Waals surface area contributed by atoms with Crippen LogP contribution in [0.3, 0.4) is 0 Å². The summed E-state index contributed by atoms with van der Waals surface area (Å²) in [5, 5.41) is 9.08. The highest BCUT2D eigenvalue weighted by Gasteiger charge is 2.13. The third-order valence-corrected chi connectivity index (χ3v) is 2.77. The smallest absolute Gasteiger partial charge is 0.273 e. The Morgan fingerprint density at radius 3 is 2.52 bits per heavy atom. The van der Waals surface area contributed by atoms with Crippen LogP contribution in [-0.2, 0) is 11.8 Å². The maximum atomic E-state index is 13.5. The maximum absolute atomic E-state index is 13.5. The minimum Gasteiger partial charge on any atom is -0.324 e. The van der Waals surface area contributed by atoms with Crippen molar-refractivity contribution in [2.75, 3.05) is 10.6 Å². The molecule has 0 fully saturated rings. The molecule has 6 nitrogen and oxygen atoms in total. The van der Waals surface area contributed by atoms with Gasteiger partial charge in [-0.05, 0) is 31.2 Å². The van der Waals surface area contributed by atoms with Crippen molar-refractivity contribution in [1.82, 2.24) is 9.78 Å². The number of rotatable bonds is 3. The van der Waals surface area contributed by atoms with Gasteiger partial charge < -0.3 is 10.6 Å². The summed E-state index contributed by atoms with van der Waals surface area (Å²) in [5.74, 6) is -1.32. The molecule has 0 bridgehead atoms. The molecule has 0 aliphatic carbocycles. The van der Waals surface area contributed by atoms with Crippen molar-refractivity contribution in [3.63, 3.8) is 0 Å². The molecule has 0 saturated heterocycles. The number of hydrogen-bond donors (Lipinski definition) is 2. The number of anilines is 2. The minimum atomic E-state index is -0.570. The topological polar surface area (TPSA) is 76.0 Å². The molecule has 1 aromatic carbocycles. The second kappa shape index (κ2) is 5.74. The predicted molar refractivity (Wildman–Crippen MR) is 76.6 cm³/mol. The van der Waals surface area contributed by atoms with Crippen LogP contribution < -0.4 is 10.6 Å². The molecule has 0 aliphatic rings. The summed E-state index contributed by atoms with van der Waals surface area (Å²) in [5.41, 5.74) is 1.50. The molecule has 7 heteroatoms. The fourth-order valence-corrected chi connectivity index (χ4v) is 1.91. The second-order valence-electron chi connectivity index (χ2n) is 4.62. The third kappa shape index (κ3) is 3.44. The van der Waals surface area contributed by atoms with Crippen molar-refractivity contribution in [1.29, 1.82) is 0 Å². The average Bonchev–Trinajstić information content (AvgIpc) is 2.72. The molecule has 2 amide bonds. The van der Waals surface area contributed by atoms with Crippen molar-refractivity contribution < 1.29 is 14.0 Å². The van der Waals surface area contributed by atoms with Crippen LogP contribution in [0.25, 0.3) is 0 Å². The first-order valence-electron chi connectivity index (χ1n) is 6.26. The number of nitrogens with zero attached hydrogens (tertiary/aromatic N) is 2. The van der Waals surface area contributed by atoms with Crippen LogP contribution in [0, 0.1) is 12.7 Å². The molecule has 0 aliphatic heterocycles. The summed E-state index contributed by atoms with van der Waals surface area (Å²) in [6.07, 6.45) is 0. The maximum Gasteiger partial charge on any atom is 0.273 e. The summed E-state index contributed by atoms with van der Waals surface area (Å²) >= 11 is 0. The number of halogens is 1. The van der Waals surface area contributed by atoms with E-state index in [4.69, 9.17) is 0 Å². The normalized spacial score (nSPS) is 10.3. The number of nitrogens with one attached hydrogen (secondary N) is 2. The van der Waals surface area contributed by atoms with Gasteiger partial charge in [-0.25, -0.2) is 4.39 Å². The molecule has 0 unspecified atom stereocenters. The lowest BCUT2D eigenvalue weighted by molar-refractivity contribution is -0.114. The zero-order valence-electron chi connectivity index (χ0n) is 11.9. The monoisotopic (exact) mass is 290 g/mol. The van der Waals surface area contributed by atoms with E-state index in [9.17, 15) is 14.0 Å². The van der Waals surface area contributed by atoms with Gasteiger partial charge in [-0.2, -0.15) is 5.10 Å². The number of carbonyl (C=O) groups excluding carboxylic acids is 2. The van der Waals surface area contributed by atoms with Crippen LogP contribution in [0.2, 0.25) is 0 Å². The van der Waals surface area contributed by atoms with Gasteiger partial charge in [0, 0.05) is 19.7 Å². The average molecular weight is 290 g/mol. The van der Waals surface area contributed by atoms with E-state index < -0.39 is 5.82 Å². The summed E-state index contributed by atoms with van der Waals surface area (Å²) in [6, 6.07) is 5.60. The summed E-state index contributed by atoms with van der Waals surface area (Å²) < 4.78 is 15.0. The summed E-state index contributed by atoms with van der Waals surface area (Å²) in [6.45, 7) is 3.06.